The van der Waals surface area contributed by atoms with E-state index in [4.69, 9.17) is 63.1 Å². The number of rotatable bonds is 0. The zero-order valence-corrected chi connectivity index (χ0v) is 17.4. The maximum Gasteiger partial charge on any atom is 0.102 e. The molecule has 0 atom stereocenters. The van der Waals surface area contributed by atoms with Gasteiger partial charge in [0.15, 0.2) is 0 Å². The summed E-state index contributed by atoms with van der Waals surface area (Å²) in [4.78, 5) is 0. The second-order valence-corrected chi connectivity index (χ2v) is 5.84. The van der Waals surface area contributed by atoms with Crippen molar-refractivity contribution in [1.29, 1.82) is 63.1 Å². The first-order valence-electron chi connectivity index (χ1n) is 8.68. The van der Waals surface area contributed by atoms with Gasteiger partial charge in [-0.3, -0.25) is 0 Å². The highest BCUT2D eigenvalue weighted by atomic mass is 14.4. The molecule has 0 radical (unpaired) electrons. The molecule has 0 aromatic heterocycles. The van der Waals surface area contributed by atoms with Gasteiger partial charge in [0.2, 0.25) is 0 Å². The number of nitriles is 12. The summed E-state index contributed by atoms with van der Waals surface area (Å²) in [6.45, 7) is 0. The van der Waals surface area contributed by atoms with Gasteiger partial charge < -0.3 is 0 Å². The van der Waals surface area contributed by atoms with Gasteiger partial charge in [0.05, 0.1) is 66.8 Å². The number of hydrogen-bond acceptors (Lipinski definition) is 12. The fourth-order valence-electron chi connectivity index (χ4n) is 2.84. The van der Waals surface area contributed by atoms with Gasteiger partial charge in [-0.25, -0.2) is 0 Å². The Morgan fingerprint density at radius 3 is 0.250 bits per heavy atom. The minimum Gasteiger partial charge on any atom is -0.192 e. The predicted octanol–water partition coefficient (Wildman–Crippen LogP) is 1.83. The van der Waals surface area contributed by atoms with Gasteiger partial charge in [-0.2, -0.15) is 63.1 Å². The van der Waals surface area contributed by atoms with Gasteiger partial charge in [0.1, 0.15) is 72.8 Å². The molecule has 156 valence electrons. The van der Waals surface area contributed by atoms with Crippen molar-refractivity contribution in [3.05, 3.63) is 66.8 Å². The van der Waals surface area contributed by atoms with Gasteiger partial charge >= 0.3 is 0 Å². The highest BCUT2D eigenvalue weighted by Gasteiger charge is 2.25. The molecule has 0 unspecified atom stereocenters. The Bertz CT molecular complexity index is 1320. The molecule has 2 aromatic carbocycles. The topological polar surface area (TPSA) is 285 Å². The van der Waals surface area contributed by atoms with Crippen molar-refractivity contribution in [2.24, 2.45) is 0 Å². The third-order valence-corrected chi connectivity index (χ3v) is 4.34. The predicted molar refractivity (Wildman–Crippen MR) is 109 cm³/mol. The van der Waals surface area contributed by atoms with E-state index < -0.39 is 0 Å². The van der Waals surface area contributed by atoms with Crippen molar-refractivity contribution in [2.75, 3.05) is 0 Å². The lowest BCUT2D eigenvalue weighted by Crippen LogP contribution is -2.03. The van der Waals surface area contributed by atoms with E-state index in [0.717, 1.165) is 0 Å². The van der Waals surface area contributed by atoms with Crippen LogP contribution in [-0.4, -0.2) is 0 Å². The lowest BCUT2D eigenvalue weighted by atomic mass is 9.89. The van der Waals surface area contributed by atoms with Crippen LogP contribution in [0.25, 0.3) is 0 Å². The monoisotopic (exact) mass is 456 g/mol. The van der Waals surface area contributed by atoms with Gasteiger partial charge in [-0.1, -0.05) is 0 Å². The van der Waals surface area contributed by atoms with E-state index >= 15 is 0 Å². The first kappa shape index (κ1) is 26.4. The van der Waals surface area contributed by atoms with Crippen molar-refractivity contribution >= 4 is 0 Å². The maximum absolute atomic E-state index is 8.91. The summed E-state index contributed by atoms with van der Waals surface area (Å²) >= 11 is 0. The summed E-state index contributed by atoms with van der Waals surface area (Å²) in [6, 6.07) is 19.3. The van der Waals surface area contributed by atoms with Crippen LogP contribution in [0.15, 0.2) is 0 Å². The standard InChI is InChI=1S/2C12N6/c2*13-1-7-8(2-14)10(4-16)12(6-18)11(5-17)9(7)3-15. The van der Waals surface area contributed by atoms with Crippen LogP contribution in [-0.2, 0) is 0 Å². The van der Waals surface area contributed by atoms with Gasteiger partial charge in [-0.05, 0) is 0 Å². The van der Waals surface area contributed by atoms with Crippen LogP contribution in [0.1, 0.15) is 66.8 Å². The zero-order valence-electron chi connectivity index (χ0n) is 17.4. The maximum atomic E-state index is 8.91. The number of hydrogen-bond donors (Lipinski definition) is 0. The van der Waals surface area contributed by atoms with Crippen LogP contribution in [0.2, 0.25) is 0 Å². The van der Waals surface area contributed by atoms with E-state index in [-0.39, 0.29) is 66.8 Å². The smallest absolute Gasteiger partial charge is 0.102 e. The Kier molecular flexibility index (Phi) is 8.52. The van der Waals surface area contributed by atoms with Gasteiger partial charge in [0.25, 0.3) is 0 Å². The molecule has 0 spiro atoms. The van der Waals surface area contributed by atoms with E-state index in [1.165, 1.54) is 0 Å². The molecule has 12 nitrogen and oxygen atoms in total. The molecule has 0 aliphatic rings. The van der Waals surface area contributed by atoms with E-state index in [1.54, 1.807) is 72.8 Å². The minimum atomic E-state index is -0.355. The molecule has 0 saturated carbocycles. The molecule has 12 heteroatoms. The molecule has 0 aliphatic carbocycles. The highest BCUT2D eigenvalue weighted by Crippen LogP contribution is 2.27. The molecule has 2 aromatic rings. The Balaban J connectivity index is 0.000000360. The second-order valence-electron chi connectivity index (χ2n) is 5.84. The van der Waals surface area contributed by atoms with Gasteiger partial charge in [-0.15, -0.1) is 0 Å². The van der Waals surface area contributed by atoms with E-state index in [9.17, 15) is 0 Å². The second kappa shape index (κ2) is 11.6. The SMILES string of the molecule is N#Cc1c(C#N)c(C#N)c(C#N)c(C#N)c1C#N.N#Cc1c(C#N)c(C#N)c(C#N)c(C#N)c1C#N. The Morgan fingerprint density at radius 1 is 0.167 bits per heavy atom. The quantitative estimate of drug-likeness (QED) is 0.548. The highest BCUT2D eigenvalue weighted by molar-refractivity contribution is 5.74. The summed E-state index contributed by atoms with van der Waals surface area (Å²) in [5.74, 6) is 0. The van der Waals surface area contributed by atoms with E-state index in [0.29, 0.717) is 0 Å². The summed E-state index contributed by atoms with van der Waals surface area (Å²) in [5, 5.41) is 107. The summed E-state index contributed by atoms with van der Waals surface area (Å²) in [6.07, 6.45) is 0. The summed E-state index contributed by atoms with van der Waals surface area (Å²) in [7, 11) is 0. The first-order valence-corrected chi connectivity index (χ1v) is 8.68. The number of benzene rings is 2. The van der Waals surface area contributed by atoms with Crippen LogP contribution in [0.4, 0.5) is 0 Å². The summed E-state index contributed by atoms with van der Waals surface area (Å²) < 4.78 is 0. The van der Waals surface area contributed by atoms with Crippen LogP contribution >= 0.6 is 0 Å². The molecule has 0 heterocycles. The fraction of sp³-hybridized carbons (Fsp3) is 0. The average molecular weight is 456 g/mol. The molecule has 2 rings (SSSR count). The summed E-state index contributed by atoms with van der Waals surface area (Å²) in [5.41, 5.74) is -4.25. The molecule has 0 N–H and O–H groups in total. The van der Waals surface area contributed by atoms with Gasteiger partial charge in [0, 0.05) is 0 Å². The largest absolute Gasteiger partial charge is 0.192 e. The lowest BCUT2D eigenvalue weighted by molar-refractivity contribution is 1.31. The van der Waals surface area contributed by atoms with Crippen molar-refractivity contribution in [3.63, 3.8) is 0 Å². The van der Waals surface area contributed by atoms with Crippen LogP contribution < -0.4 is 0 Å². The van der Waals surface area contributed by atoms with Crippen LogP contribution in [0, 0.1) is 136 Å². The average Bonchev–Trinajstić information content (AvgIpc) is 2.93. The molecule has 0 aliphatic heterocycles. The molecular formula is C24N12. The Morgan fingerprint density at radius 2 is 0.222 bits per heavy atom. The first-order chi connectivity index (χ1) is 17.4. The van der Waals surface area contributed by atoms with E-state index in [2.05, 4.69) is 0 Å². The Hall–Kier alpha value is -7.68. The van der Waals surface area contributed by atoms with Crippen molar-refractivity contribution < 1.29 is 0 Å². The fourth-order valence-corrected chi connectivity index (χ4v) is 2.84. The molecule has 0 bridgehead atoms. The van der Waals surface area contributed by atoms with Crippen molar-refractivity contribution in [3.8, 4) is 72.8 Å². The molecule has 0 amide bonds. The van der Waals surface area contributed by atoms with Crippen LogP contribution in [0.5, 0.6) is 0 Å². The Labute approximate surface area is 203 Å². The zero-order chi connectivity index (χ0) is 27.4. The van der Waals surface area contributed by atoms with E-state index in [1.807, 2.05) is 0 Å². The van der Waals surface area contributed by atoms with Crippen LogP contribution in [0.3, 0.4) is 0 Å². The molecular weight excluding hydrogens is 456 g/mol. The minimum absolute atomic E-state index is 0.355. The molecule has 0 saturated heterocycles. The molecule has 0 fully saturated rings. The third kappa shape index (κ3) is 4.08. The number of nitrogens with zero attached hydrogens (tertiary/aromatic N) is 12. The van der Waals surface area contributed by atoms with Crippen molar-refractivity contribution in [1.82, 2.24) is 0 Å². The normalized spacial score (nSPS) is 7.67. The lowest BCUT2D eigenvalue weighted by Gasteiger charge is -2.05. The molecule has 36 heavy (non-hydrogen) atoms. The third-order valence-electron chi connectivity index (χ3n) is 4.34. The van der Waals surface area contributed by atoms with Crippen molar-refractivity contribution in [2.45, 2.75) is 0 Å².